The van der Waals surface area contributed by atoms with Crippen molar-refractivity contribution < 1.29 is 14.1 Å². The van der Waals surface area contributed by atoms with Gasteiger partial charge < -0.3 is 19.5 Å². The molecule has 1 aliphatic heterocycles. The van der Waals surface area contributed by atoms with E-state index in [0.717, 1.165) is 48.3 Å². The van der Waals surface area contributed by atoms with Crippen molar-refractivity contribution in [1.29, 1.82) is 0 Å². The Bertz CT molecular complexity index is 971. The van der Waals surface area contributed by atoms with E-state index in [1.165, 1.54) is 0 Å². The monoisotopic (exact) mass is 460 g/mol. The first kappa shape index (κ1) is 21.8. The van der Waals surface area contributed by atoms with Crippen LogP contribution in [0, 0.1) is 0 Å². The standard InChI is InChI=1S/C22H25ClN4O3S/c23-17-3-1-4-19(13-17)27-10-8-26(9-11-27)7-6-24-22(28)16-29-15-18-14-20(30-25-18)21-5-2-12-31-21/h1-5,12-14H,6-11,15-16H2,(H,24,28). The Kier molecular flexibility index (Phi) is 7.58. The second-order valence-electron chi connectivity index (χ2n) is 7.31. The van der Waals surface area contributed by atoms with Crippen molar-refractivity contribution in [2.24, 2.45) is 0 Å². The van der Waals surface area contributed by atoms with Crippen molar-refractivity contribution >= 4 is 34.5 Å². The minimum Gasteiger partial charge on any atom is -0.369 e. The van der Waals surface area contributed by atoms with Gasteiger partial charge in [0.1, 0.15) is 12.3 Å². The number of nitrogens with zero attached hydrogens (tertiary/aromatic N) is 3. The molecule has 0 saturated carbocycles. The molecular formula is C22H25ClN4O3S. The van der Waals surface area contributed by atoms with Crippen LogP contribution in [0.5, 0.6) is 0 Å². The number of carbonyl (C=O) groups is 1. The van der Waals surface area contributed by atoms with Gasteiger partial charge >= 0.3 is 0 Å². The molecule has 0 spiro atoms. The van der Waals surface area contributed by atoms with Gasteiger partial charge in [0.2, 0.25) is 5.91 Å². The molecule has 0 unspecified atom stereocenters. The van der Waals surface area contributed by atoms with Crippen molar-refractivity contribution in [2.75, 3.05) is 50.8 Å². The molecule has 1 N–H and O–H groups in total. The van der Waals surface area contributed by atoms with Gasteiger partial charge in [-0.05, 0) is 29.6 Å². The van der Waals surface area contributed by atoms with E-state index >= 15 is 0 Å². The van der Waals surface area contributed by atoms with Gasteiger partial charge in [0.05, 0.1) is 11.5 Å². The lowest BCUT2D eigenvalue weighted by atomic mass is 10.2. The first-order chi connectivity index (χ1) is 15.2. The summed E-state index contributed by atoms with van der Waals surface area (Å²) in [5.41, 5.74) is 1.83. The second kappa shape index (κ2) is 10.8. The smallest absolute Gasteiger partial charge is 0.246 e. The highest BCUT2D eigenvalue weighted by molar-refractivity contribution is 7.13. The summed E-state index contributed by atoms with van der Waals surface area (Å²) in [5, 5.41) is 9.64. The summed E-state index contributed by atoms with van der Waals surface area (Å²) >= 11 is 7.68. The zero-order chi connectivity index (χ0) is 21.5. The minimum absolute atomic E-state index is 0.00371. The first-order valence-corrected chi connectivity index (χ1v) is 11.5. The highest BCUT2D eigenvalue weighted by Gasteiger charge is 2.17. The lowest BCUT2D eigenvalue weighted by molar-refractivity contribution is -0.126. The number of amides is 1. The van der Waals surface area contributed by atoms with E-state index in [1.54, 1.807) is 11.3 Å². The highest BCUT2D eigenvalue weighted by Crippen LogP contribution is 2.25. The molecule has 0 aliphatic carbocycles. The number of piperazine rings is 1. The minimum atomic E-state index is -0.125. The molecule has 4 rings (SSSR count). The van der Waals surface area contributed by atoms with Crippen LogP contribution in [-0.4, -0.2) is 61.8 Å². The van der Waals surface area contributed by atoms with Gasteiger partial charge in [-0.25, -0.2) is 0 Å². The Hall–Kier alpha value is -2.39. The van der Waals surface area contributed by atoms with Crippen LogP contribution in [0.2, 0.25) is 5.02 Å². The molecule has 164 valence electrons. The number of carbonyl (C=O) groups excluding carboxylic acids is 1. The molecule has 3 heterocycles. The molecule has 31 heavy (non-hydrogen) atoms. The normalized spacial score (nSPS) is 14.7. The molecule has 2 aromatic heterocycles. The van der Waals surface area contributed by atoms with Crippen LogP contribution in [0.25, 0.3) is 10.6 Å². The summed E-state index contributed by atoms with van der Waals surface area (Å²) in [6.45, 7) is 5.48. The SMILES string of the molecule is O=C(COCc1cc(-c2cccs2)on1)NCCN1CCN(c2cccc(Cl)c2)CC1. The number of ether oxygens (including phenoxy) is 1. The predicted molar refractivity (Wildman–Crippen MR) is 123 cm³/mol. The van der Waals surface area contributed by atoms with Gasteiger partial charge in [-0.2, -0.15) is 0 Å². The quantitative estimate of drug-likeness (QED) is 0.527. The summed E-state index contributed by atoms with van der Waals surface area (Å²) in [4.78, 5) is 17.7. The Labute approximate surface area is 190 Å². The van der Waals surface area contributed by atoms with Gasteiger partial charge in [0, 0.05) is 56.0 Å². The van der Waals surface area contributed by atoms with Crippen LogP contribution in [0.15, 0.2) is 52.4 Å². The fourth-order valence-electron chi connectivity index (χ4n) is 3.47. The molecule has 1 aliphatic rings. The number of benzene rings is 1. The van der Waals surface area contributed by atoms with E-state index in [0.29, 0.717) is 18.0 Å². The highest BCUT2D eigenvalue weighted by atomic mass is 35.5. The van der Waals surface area contributed by atoms with Gasteiger partial charge in [-0.3, -0.25) is 9.69 Å². The predicted octanol–water partition coefficient (Wildman–Crippen LogP) is 3.51. The summed E-state index contributed by atoms with van der Waals surface area (Å²) in [7, 11) is 0. The molecule has 1 fully saturated rings. The van der Waals surface area contributed by atoms with E-state index in [4.69, 9.17) is 20.9 Å². The van der Waals surface area contributed by atoms with Crippen molar-refractivity contribution in [2.45, 2.75) is 6.61 Å². The molecular weight excluding hydrogens is 436 g/mol. The van der Waals surface area contributed by atoms with Crippen molar-refractivity contribution in [1.82, 2.24) is 15.4 Å². The van der Waals surface area contributed by atoms with Gasteiger partial charge in [0.25, 0.3) is 0 Å². The number of halogens is 1. The zero-order valence-corrected chi connectivity index (χ0v) is 18.7. The number of anilines is 1. The average molecular weight is 461 g/mol. The Morgan fingerprint density at radius 1 is 1.19 bits per heavy atom. The summed E-state index contributed by atoms with van der Waals surface area (Å²) in [5.74, 6) is 0.591. The Morgan fingerprint density at radius 2 is 2.06 bits per heavy atom. The van der Waals surface area contributed by atoms with E-state index in [1.807, 2.05) is 41.8 Å². The average Bonchev–Trinajstić information content (AvgIpc) is 3.46. The van der Waals surface area contributed by atoms with Crippen LogP contribution in [-0.2, 0) is 16.1 Å². The Morgan fingerprint density at radius 3 is 2.84 bits per heavy atom. The van der Waals surface area contributed by atoms with Crippen molar-refractivity contribution in [3.63, 3.8) is 0 Å². The van der Waals surface area contributed by atoms with Crippen molar-refractivity contribution in [3.05, 3.63) is 58.6 Å². The number of hydrogen-bond acceptors (Lipinski definition) is 7. The van der Waals surface area contributed by atoms with Crippen LogP contribution in [0.3, 0.4) is 0 Å². The molecule has 1 saturated heterocycles. The number of thiophene rings is 1. The van der Waals surface area contributed by atoms with Gasteiger partial charge in [-0.15, -0.1) is 11.3 Å². The second-order valence-corrected chi connectivity index (χ2v) is 8.70. The van der Waals surface area contributed by atoms with Gasteiger partial charge in [-0.1, -0.05) is 28.9 Å². The fourth-order valence-corrected chi connectivity index (χ4v) is 4.33. The van der Waals surface area contributed by atoms with E-state index in [2.05, 4.69) is 26.3 Å². The maximum Gasteiger partial charge on any atom is 0.246 e. The van der Waals surface area contributed by atoms with Crippen molar-refractivity contribution in [3.8, 4) is 10.6 Å². The molecule has 0 atom stereocenters. The van der Waals surface area contributed by atoms with Gasteiger partial charge in [0.15, 0.2) is 5.76 Å². The summed E-state index contributed by atoms with van der Waals surface area (Å²) < 4.78 is 10.8. The van der Waals surface area contributed by atoms with Crippen LogP contribution < -0.4 is 10.2 Å². The maximum absolute atomic E-state index is 12.0. The third-order valence-corrected chi connectivity index (χ3v) is 6.22. The van der Waals surface area contributed by atoms with E-state index in [9.17, 15) is 4.79 Å². The zero-order valence-electron chi connectivity index (χ0n) is 17.1. The lowest BCUT2D eigenvalue weighted by Crippen LogP contribution is -2.48. The third kappa shape index (κ3) is 6.30. The maximum atomic E-state index is 12.0. The topological polar surface area (TPSA) is 70.8 Å². The van der Waals surface area contributed by atoms with Crippen LogP contribution in [0.4, 0.5) is 5.69 Å². The molecule has 7 nitrogen and oxygen atoms in total. The van der Waals surface area contributed by atoms with Crippen LogP contribution in [0.1, 0.15) is 5.69 Å². The molecule has 1 aromatic carbocycles. The Balaban J connectivity index is 1.09. The molecule has 9 heteroatoms. The third-order valence-electron chi connectivity index (χ3n) is 5.10. The molecule has 0 bridgehead atoms. The van der Waals surface area contributed by atoms with E-state index < -0.39 is 0 Å². The number of aromatic nitrogens is 1. The summed E-state index contributed by atoms with van der Waals surface area (Å²) in [6.07, 6.45) is 0. The lowest BCUT2D eigenvalue weighted by Gasteiger charge is -2.36. The largest absolute Gasteiger partial charge is 0.369 e. The first-order valence-electron chi connectivity index (χ1n) is 10.2. The summed E-state index contributed by atoms with van der Waals surface area (Å²) in [6, 6.07) is 13.7. The van der Waals surface area contributed by atoms with E-state index in [-0.39, 0.29) is 19.1 Å². The number of hydrogen-bond donors (Lipinski definition) is 1. The molecule has 0 radical (unpaired) electrons. The van der Waals surface area contributed by atoms with Crippen LogP contribution >= 0.6 is 22.9 Å². The number of nitrogens with one attached hydrogen (secondary N) is 1. The fraction of sp³-hybridized carbons (Fsp3) is 0.364. The molecule has 3 aromatic rings. The molecule has 1 amide bonds. The number of rotatable bonds is 9.